The Bertz CT molecular complexity index is 1100. The molecule has 0 aliphatic heterocycles. The van der Waals surface area contributed by atoms with E-state index in [2.05, 4.69) is 10.6 Å². The summed E-state index contributed by atoms with van der Waals surface area (Å²) in [6, 6.07) is 11.0. The summed E-state index contributed by atoms with van der Waals surface area (Å²) in [5.41, 5.74) is 1.18. The fourth-order valence-corrected chi connectivity index (χ4v) is 5.30. The molecule has 31 heavy (non-hydrogen) atoms. The van der Waals surface area contributed by atoms with Crippen molar-refractivity contribution in [3.63, 3.8) is 0 Å². The number of benzene rings is 2. The zero-order valence-electron chi connectivity index (χ0n) is 17.7. The minimum Gasteiger partial charge on any atom is -0.326 e. The van der Waals surface area contributed by atoms with E-state index in [4.69, 9.17) is 11.6 Å². The maximum absolute atomic E-state index is 12.8. The number of rotatable bonds is 8. The second-order valence-corrected chi connectivity index (χ2v) is 9.89. The number of nitrogens with zero attached hydrogens (tertiary/aromatic N) is 1. The highest BCUT2D eigenvalue weighted by Gasteiger charge is 2.39. The van der Waals surface area contributed by atoms with Crippen LogP contribution in [-0.2, 0) is 14.8 Å². The number of halogens is 1. The van der Waals surface area contributed by atoms with Crippen LogP contribution >= 0.6 is 11.6 Å². The number of anilines is 2. The molecular weight excluding hydrogens is 438 g/mol. The van der Waals surface area contributed by atoms with Gasteiger partial charge >= 0.3 is 0 Å². The molecule has 7 nitrogen and oxygen atoms in total. The highest BCUT2D eigenvalue weighted by molar-refractivity contribution is 7.89. The van der Waals surface area contributed by atoms with Gasteiger partial charge in [0.1, 0.15) is 4.90 Å². The van der Waals surface area contributed by atoms with Gasteiger partial charge in [0.15, 0.2) is 0 Å². The molecule has 0 heterocycles. The van der Waals surface area contributed by atoms with Crippen LogP contribution in [0.4, 0.5) is 11.4 Å². The predicted molar refractivity (Wildman–Crippen MR) is 122 cm³/mol. The number of amides is 2. The van der Waals surface area contributed by atoms with Gasteiger partial charge in [-0.05, 0) is 48.7 Å². The third-order valence-electron chi connectivity index (χ3n) is 5.35. The largest absolute Gasteiger partial charge is 0.326 e. The van der Waals surface area contributed by atoms with Crippen LogP contribution in [0.1, 0.15) is 37.6 Å². The molecule has 3 rings (SSSR count). The third-order valence-corrected chi connectivity index (χ3v) is 7.88. The average Bonchev–Trinajstić information content (AvgIpc) is 3.47. The zero-order chi connectivity index (χ0) is 22.8. The Labute approximate surface area is 187 Å². The van der Waals surface area contributed by atoms with Crippen molar-refractivity contribution in [3.05, 3.63) is 53.1 Å². The molecular formula is C22H26ClN3O4S. The van der Waals surface area contributed by atoms with Gasteiger partial charge in [-0.25, -0.2) is 8.42 Å². The molecule has 2 aromatic rings. The van der Waals surface area contributed by atoms with E-state index >= 15 is 0 Å². The van der Waals surface area contributed by atoms with Crippen molar-refractivity contribution in [2.45, 2.75) is 32.1 Å². The van der Waals surface area contributed by atoms with Crippen molar-refractivity contribution in [2.75, 3.05) is 23.7 Å². The van der Waals surface area contributed by atoms with Crippen LogP contribution in [0.5, 0.6) is 0 Å². The molecule has 0 aromatic heterocycles. The summed E-state index contributed by atoms with van der Waals surface area (Å²) in [5, 5.41) is 5.62. The van der Waals surface area contributed by atoms with Gasteiger partial charge in [0.25, 0.3) is 5.91 Å². The summed E-state index contributed by atoms with van der Waals surface area (Å²) in [7, 11) is -3.78. The fourth-order valence-electron chi connectivity index (χ4n) is 3.35. The first-order valence-corrected chi connectivity index (χ1v) is 12.0. The summed E-state index contributed by atoms with van der Waals surface area (Å²) in [6.07, 6.45) is 0.876. The number of hydrogen-bond donors (Lipinski definition) is 2. The predicted octanol–water partition coefficient (Wildman–Crippen LogP) is 4.22. The fraction of sp³-hybridized carbons (Fsp3) is 0.364. The molecule has 0 bridgehead atoms. The highest BCUT2D eigenvalue weighted by atomic mass is 35.5. The van der Waals surface area contributed by atoms with Gasteiger partial charge in [-0.3, -0.25) is 9.59 Å². The van der Waals surface area contributed by atoms with Crippen LogP contribution in [0.2, 0.25) is 5.02 Å². The van der Waals surface area contributed by atoms with Crippen molar-refractivity contribution in [3.8, 4) is 0 Å². The lowest BCUT2D eigenvalue weighted by Gasteiger charge is -2.19. The number of nitrogens with one attached hydrogen (secondary N) is 2. The van der Waals surface area contributed by atoms with Gasteiger partial charge in [0, 0.05) is 35.9 Å². The molecule has 2 unspecified atom stereocenters. The zero-order valence-corrected chi connectivity index (χ0v) is 19.3. The lowest BCUT2D eigenvalue weighted by molar-refractivity contribution is -0.117. The van der Waals surface area contributed by atoms with Gasteiger partial charge in [-0.1, -0.05) is 38.4 Å². The van der Waals surface area contributed by atoms with Crippen LogP contribution in [0.15, 0.2) is 47.4 Å². The molecule has 2 aromatic carbocycles. The van der Waals surface area contributed by atoms with Crippen molar-refractivity contribution in [1.82, 2.24) is 4.31 Å². The molecule has 1 aliphatic carbocycles. The van der Waals surface area contributed by atoms with E-state index in [-0.39, 0.29) is 21.7 Å². The van der Waals surface area contributed by atoms with E-state index in [9.17, 15) is 18.0 Å². The first-order valence-electron chi connectivity index (χ1n) is 10.2. The summed E-state index contributed by atoms with van der Waals surface area (Å²) in [4.78, 5) is 24.8. The van der Waals surface area contributed by atoms with Crippen LogP contribution in [0.25, 0.3) is 0 Å². The normalized spacial score (nSPS) is 18.0. The van der Waals surface area contributed by atoms with Crippen molar-refractivity contribution >= 4 is 44.8 Å². The number of carbonyl (C=O) groups is 2. The highest BCUT2D eigenvalue weighted by Crippen LogP contribution is 2.38. The topological polar surface area (TPSA) is 95.6 Å². The molecule has 1 aliphatic rings. The number of carbonyl (C=O) groups excluding carboxylic acids is 2. The van der Waals surface area contributed by atoms with Crippen molar-refractivity contribution < 1.29 is 18.0 Å². The van der Waals surface area contributed by atoms with E-state index in [1.54, 1.807) is 44.2 Å². The van der Waals surface area contributed by atoms with Gasteiger partial charge < -0.3 is 10.6 Å². The molecule has 1 saturated carbocycles. The Morgan fingerprint density at radius 1 is 1.06 bits per heavy atom. The standard InChI is InChI=1S/C22H26ClN3O4S/c1-4-26(5-2)31(29,30)20-13-17(9-10-19(20)23)24-21(27)15-7-6-8-16(12-15)25-22(28)18-11-14(18)3/h6-10,12-14,18H,4-5,11H2,1-3H3,(H,24,27)(H,25,28). The molecule has 0 saturated heterocycles. The molecule has 166 valence electrons. The van der Waals surface area contributed by atoms with Crippen LogP contribution < -0.4 is 10.6 Å². The lowest BCUT2D eigenvalue weighted by Crippen LogP contribution is -2.30. The van der Waals surface area contributed by atoms with E-state index in [0.717, 1.165) is 6.42 Å². The Kier molecular flexibility index (Phi) is 7.03. The molecule has 2 amide bonds. The first kappa shape index (κ1) is 23.2. The molecule has 0 spiro atoms. The van der Waals surface area contributed by atoms with Crippen LogP contribution in [0, 0.1) is 11.8 Å². The van der Waals surface area contributed by atoms with Crippen molar-refractivity contribution in [2.24, 2.45) is 11.8 Å². The molecule has 2 atom stereocenters. The smallest absolute Gasteiger partial charge is 0.255 e. The second-order valence-electron chi connectivity index (χ2n) is 7.58. The summed E-state index contributed by atoms with van der Waals surface area (Å²) in [5.74, 6) is -0.0608. The van der Waals surface area contributed by atoms with Crippen molar-refractivity contribution in [1.29, 1.82) is 0 Å². The number of hydrogen-bond acceptors (Lipinski definition) is 4. The first-order chi connectivity index (χ1) is 14.7. The summed E-state index contributed by atoms with van der Waals surface area (Å²) < 4.78 is 27.0. The second kappa shape index (κ2) is 9.38. The van der Waals surface area contributed by atoms with Crippen LogP contribution in [-0.4, -0.2) is 37.6 Å². The van der Waals surface area contributed by atoms with Crippen LogP contribution in [0.3, 0.4) is 0 Å². The molecule has 1 fully saturated rings. The van der Waals surface area contributed by atoms with Gasteiger partial charge in [-0.15, -0.1) is 0 Å². The Balaban J connectivity index is 1.78. The summed E-state index contributed by atoms with van der Waals surface area (Å²) >= 11 is 6.14. The minimum absolute atomic E-state index is 0.0257. The van der Waals surface area contributed by atoms with E-state index < -0.39 is 15.9 Å². The minimum atomic E-state index is -3.78. The average molecular weight is 464 g/mol. The van der Waals surface area contributed by atoms with Gasteiger partial charge in [0.2, 0.25) is 15.9 Å². The van der Waals surface area contributed by atoms with Gasteiger partial charge in [0.05, 0.1) is 5.02 Å². The Morgan fingerprint density at radius 2 is 1.71 bits per heavy atom. The molecule has 0 radical (unpaired) electrons. The Hall–Kier alpha value is -2.42. The maximum Gasteiger partial charge on any atom is 0.255 e. The van der Waals surface area contributed by atoms with E-state index in [1.807, 2.05) is 6.92 Å². The monoisotopic (exact) mass is 463 g/mol. The SMILES string of the molecule is CCN(CC)S(=O)(=O)c1cc(NC(=O)c2cccc(NC(=O)C3CC3C)c2)ccc1Cl. The van der Waals surface area contributed by atoms with E-state index in [0.29, 0.717) is 35.9 Å². The maximum atomic E-state index is 12.8. The third kappa shape index (κ3) is 5.26. The summed E-state index contributed by atoms with van der Waals surface area (Å²) in [6.45, 7) is 6.13. The quantitative estimate of drug-likeness (QED) is 0.612. The Morgan fingerprint density at radius 3 is 2.32 bits per heavy atom. The molecule has 2 N–H and O–H groups in total. The number of sulfonamides is 1. The lowest BCUT2D eigenvalue weighted by atomic mass is 10.1. The van der Waals surface area contributed by atoms with Gasteiger partial charge in [-0.2, -0.15) is 4.31 Å². The van der Waals surface area contributed by atoms with E-state index in [1.165, 1.54) is 16.4 Å². The molecule has 9 heteroatoms.